The van der Waals surface area contributed by atoms with Gasteiger partial charge in [-0.15, -0.1) is 0 Å². The molecule has 0 atom stereocenters. The molecule has 0 fully saturated rings. The average Bonchev–Trinajstić information content (AvgIpc) is 3.92. The Hall–Kier alpha value is -7.90. The van der Waals surface area contributed by atoms with Gasteiger partial charge in [0.2, 0.25) is 5.95 Å². The molecule has 0 aliphatic heterocycles. The van der Waals surface area contributed by atoms with E-state index in [-0.39, 0.29) is 0 Å². The van der Waals surface area contributed by atoms with Crippen LogP contribution in [0.5, 0.6) is 0 Å². The Labute approximate surface area is 326 Å². The summed E-state index contributed by atoms with van der Waals surface area (Å²) >= 11 is 0. The van der Waals surface area contributed by atoms with Crippen LogP contribution in [0.4, 0.5) is 0 Å². The number of para-hydroxylation sites is 3. The van der Waals surface area contributed by atoms with E-state index in [9.17, 15) is 0 Å². The second kappa shape index (κ2) is 12.3. The molecule has 12 rings (SSSR count). The SMILES string of the molecule is c1ccc(-c2nc(-c3ccccc3)nc(-n3c4ccccc4c4c5c6ccccc6n(-c6ccc7c(c6)c6cnccc6n7-c6ccccc6)c5ccc43)n2)cc1. The lowest BCUT2D eigenvalue weighted by atomic mass is 10.1. The summed E-state index contributed by atoms with van der Waals surface area (Å²) in [6.07, 6.45) is 3.86. The zero-order valence-electron chi connectivity index (χ0n) is 30.5. The molecule has 0 spiro atoms. The Morgan fingerprint density at radius 1 is 0.333 bits per heavy atom. The van der Waals surface area contributed by atoms with Crippen molar-refractivity contribution in [2.24, 2.45) is 0 Å². The van der Waals surface area contributed by atoms with E-state index in [1.807, 2.05) is 73.1 Å². The highest BCUT2D eigenvalue weighted by Gasteiger charge is 2.23. The standard InChI is InChI=1S/C50H31N7/c1-4-14-32(15-5-1)48-52-49(33-16-6-2-7-17-33)54-50(53-48)57-41-23-13-11-21-37(41)47-45(57)27-26-44-46(47)36-20-10-12-22-40(36)56(44)35-24-25-42-38(30-35)39-31-51-29-28-43(39)55(42)34-18-8-3-9-19-34/h1-31H. The Morgan fingerprint density at radius 2 is 0.825 bits per heavy atom. The van der Waals surface area contributed by atoms with E-state index in [4.69, 9.17) is 15.0 Å². The number of rotatable bonds is 5. The molecule has 266 valence electrons. The molecule has 0 bridgehead atoms. The molecule has 7 heteroatoms. The molecule has 57 heavy (non-hydrogen) atoms. The van der Waals surface area contributed by atoms with Gasteiger partial charge in [-0.2, -0.15) is 9.97 Å². The predicted molar refractivity (Wildman–Crippen MR) is 232 cm³/mol. The lowest BCUT2D eigenvalue weighted by Gasteiger charge is -2.11. The van der Waals surface area contributed by atoms with E-state index in [0.717, 1.165) is 77.1 Å². The van der Waals surface area contributed by atoms with Crippen LogP contribution >= 0.6 is 0 Å². The van der Waals surface area contributed by atoms with Crippen molar-refractivity contribution in [2.45, 2.75) is 0 Å². The van der Waals surface area contributed by atoms with Gasteiger partial charge in [0, 0.05) is 67.2 Å². The van der Waals surface area contributed by atoms with E-state index in [1.54, 1.807) is 0 Å². The molecule has 0 aliphatic carbocycles. The summed E-state index contributed by atoms with van der Waals surface area (Å²) in [5, 5.41) is 6.93. The number of fused-ring (bicyclic) bond motifs is 10. The molecule has 0 amide bonds. The summed E-state index contributed by atoms with van der Waals surface area (Å²) < 4.78 is 6.93. The van der Waals surface area contributed by atoms with Crippen LogP contribution in [0.1, 0.15) is 0 Å². The highest BCUT2D eigenvalue weighted by atomic mass is 15.2. The van der Waals surface area contributed by atoms with Gasteiger partial charge in [0.1, 0.15) is 0 Å². The molecule has 7 nitrogen and oxygen atoms in total. The quantitative estimate of drug-likeness (QED) is 0.177. The third-order valence-corrected chi connectivity index (χ3v) is 11.2. The van der Waals surface area contributed by atoms with Crippen molar-refractivity contribution in [1.82, 2.24) is 33.6 Å². The first kappa shape index (κ1) is 31.5. The third kappa shape index (κ3) is 4.72. The normalized spacial score (nSPS) is 11.9. The molecule has 5 heterocycles. The molecule has 0 saturated carbocycles. The Kier molecular flexibility index (Phi) is 6.79. The van der Waals surface area contributed by atoms with Gasteiger partial charge in [-0.25, -0.2) is 4.98 Å². The second-order valence-corrected chi connectivity index (χ2v) is 14.3. The fourth-order valence-electron chi connectivity index (χ4n) is 8.76. The lowest BCUT2D eigenvalue weighted by molar-refractivity contribution is 0.953. The van der Waals surface area contributed by atoms with E-state index >= 15 is 0 Å². The minimum atomic E-state index is 0.575. The Morgan fingerprint density at radius 3 is 1.47 bits per heavy atom. The molecule has 0 aliphatic rings. The van der Waals surface area contributed by atoms with Crippen LogP contribution in [-0.4, -0.2) is 33.6 Å². The first-order valence-electron chi connectivity index (χ1n) is 19.1. The summed E-state index contributed by atoms with van der Waals surface area (Å²) in [5.41, 5.74) is 10.7. The maximum Gasteiger partial charge on any atom is 0.238 e. The predicted octanol–water partition coefficient (Wildman–Crippen LogP) is 11.9. The maximum atomic E-state index is 5.17. The molecular formula is C50H31N7. The second-order valence-electron chi connectivity index (χ2n) is 14.3. The van der Waals surface area contributed by atoms with E-state index < -0.39 is 0 Å². The Bertz CT molecular complexity index is 3450. The van der Waals surface area contributed by atoms with Crippen LogP contribution < -0.4 is 0 Å². The third-order valence-electron chi connectivity index (χ3n) is 11.2. The zero-order chi connectivity index (χ0) is 37.5. The van der Waals surface area contributed by atoms with Gasteiger partial charge in [-0.3, -0.25) is 9.55 Å². The number of hydrogen-bond acceptors (Lipinski definition) is 4. The van der Waals surface area contributed by atoms with Crippen molar-refractivity contribution in [3.8, 4) is 40.1 Å². The summed E-state index contributed by atoms with van der Waals surface area (Å²) in [7, 11) is 0. The van der Waals surface area contributed by atoms with Crippen molar-refractivity contribution < 1.29 is 0 Å². The maximum absolute atomic E-state index is 5.17. The van der Waals surface area contributed by atoms with E-state index in [0.29, 0.717) is 17.6 Å². The first-order chi connectivity index (χ1) is 28.3. The van der Waals surface area contributed by atoms with Crippen molar-refractivity contribution in [3.63, 3.8) is 0 Å². The van der Waals surface area contributed by atoms with Gasteiger partial charge < -0.3 is 9.13 Å². The van der Waals surface area contributed by atoms with Crippen molar-refractivity contribution in [2.75, 3.05) is 0 Å². The highest BCUT2D eigenvalue weighted by Crippen LogP contribution is 2.43. The number of aromatic nitrogens is 7. The van der Waals surface area contributed by atoms with Crippen LogP contribution in [0.3, 0.4) is 0 Å². The molecule has 0 saturated heterocycles. The molecule has 0 radical (unpaired) electrons. The van der Waals surface area contributed by atoms with Gasteiger partial charge in [0.25, 0.3) is 0 Å². The van der Waals surface area contributed by atoms with Crippen molar-refractivity contribution in [1.29, 1.82) is 0 Å². The molecule has 7 aromatic carbocycles. The van der Waals surface area contributed by atoms with Gasteiger partial charge >= 0.3 is 0 Å². The molecule has 5 aromatic heterocycles. The topological polar surface area (TPSA) is 66.3 Å². The summed E-state index contributed by atoms with van der Waals surface area (Å²) in [4.78, 5) is 19.9. The molecule has 0 unspecified atom stereocenters. The van der Waals surface area contributed by atoms with Crippen LogP contribution in [-0.2, 0) is 0 Å². The van der Waals surface area contributed by atoms with Crippen LogP contribution in [0.2, 0.25) is 0 Å². The van der Waals surface area contributed by atoms with Crippen LogP contribution in [0, 0.1) is 0 Å². The lowest BCUT2D eigenvalue weighted by Crippen LogP contribution is -2.06. The summed E-state index contributed by atoms with van der Waals surface area (Å²) in [5.74, 6) is 1.83. The van der Waals surface area contributed by atoms with Gasteiger partial charge in [-0.05, 0) is 60.7 Å². The smallest absolute Gasteiger partial charge is 0.238 e. The van der Waals surface area contributed by atoms with E-state index in [1.165, 1.54) is 10.8 Å². The number of pyridine rings is 1. The minimum Gasteiger partial charge on any atom is -0.309 e. The molecule has 12 aromatic rings. The number of benzene rings is 7. The molecular weight excluding hydrogens is 699 g/mol. The number of hydrogen-bond donors (Lipinski definition) is 0. The fourth-order valence-corrected chi connectivity index (χ4v) is 8.76. The number of nitrogens with zero attached hydrogens (tertiary/aromatic N) is 7. The van der Waals surface area contributed by atoms with Gasteiger partial charge in [-0.1, -0.05) is 115 Å². The average molecular weight is 730 g/mol. The van der Waals surface area contributed by atoms with Gasteiger partial charge in [0.15, 0.2) is 11.6 Å². The molecule has 0 N–H and O–H groups in total. The summed E-state index contributed by atoms with van der Waals surface area (Å²) in [6.45, 7) is 0. The monoisotopic (exact) mass is 729 g/mol. The minimum absolute atomic E-state index is 0.575. The Balaban J connectivity index is 1.14. The van der Waals surface area contributed by atoms with Crippen LogP contribution in [0.25, 0.3) is 106 Å². The first-order valence-corrected chi connectivity index (χ1v) is 19.1. The van der Waals surface area contributed by atoms with Crippen molar-refractivity contribution >= 4 is 65.4 Å². The fraction of sp³-hybridized carbons (Fsp3) is 0. The van der Waals surface area contributed by atoms with Crippen molar-refractivity contribution in [3.05, 3.63) is 188 Å². The van der Waals surface area contributed by atoms with Gasteiger partial charge in [0.05, 0.1) is 33.1 Å². The van der Waals surface area contributed by atoms with Crippen LogP contribution in [0.15, 0.2) is 188 Å². The zero-order valence-corrected chi connectivity index (χ0v) is 30.5. The largest absolute Gasteiger partial charge is 0.309 e. The highest BCUT2D eigenvalue weighted by molar-refractivity contribution is 6.29. The summed E-state index contributed by atoms with van der Waals surface area (Å²) in [6, 6.07) is 61.5. The van der Waals surface area contributed by atoms with E-state index in [2.05, 4.69) is 134 Å².